The Balaban J connectivity index is 1.91. The first-order chi connectivity index (χ1) is 12.5. The van der Waals surface area contributed by atoms with Gasteiger partial charge in [0.2, 0.25) is 0 Å². The van der Waals surface area contributed by atoms with Crippen LogP contribution in [0.4, 0.5) is 0 Å². The van der Waals surface area contributed by atoms with E-state index in [0.29, 0.717) is 6.54 Å². The van der Waals surface area contributed by atoms with E-state index in [-0.39, 0.29) is 5.91 Å². The molecule has 1 aromatic carbocycles. The Hall–Kier alpha value is -2.76. The van der Waals surface area contributed by atoms with Gasteiger partial charge in [0.1, 0.15) is 0 Å². The van der Waals surface area contributed by atoms with E-state index < -0.39 is 0 Å². The molecule has 0 radical (unpaired) electrons. The van der Waals surface area contributed by atoms with Gasteiger partial charge in [-0.05, 0) is 42.7 Å². The Kier molecular flexibility index (Phi) is 7.26. The lowest BCUT2D eigenvalue weighted by Crippen LogP contribution is -2.38. The second-order valence-electron chi connectivity index (χ2n) is 6.46. The molecule has 2 N–H and O–H groups in total. The van der Waals surface area contributed by atoms with Gasteiger partial charge < -0.3 is 20.1 Å². The SMILES string of the molecule is CCNC(=NCc1ccn(C)c1)NCCc1cccc(C(=O)N(C)C)c1. The van der Waals surface area contributed by atoms with Gasteiger partial charge in [0.15, 0.2) is 5.96 Å². The van der Waals surface area contributed by atoms with Crippen molar-refractivity contribution >= 4 is 11.9 Å². The normalized spacial score (nSPS) is 11.3. The van der Waals surface area contributed by atoms with Gasteiger partial charge in [-0.1, -0.05) is 12.1 Å². The van der Waals surface area contributed by atoms with Crippen LogP contribution in [0, 0.1) is 0 Å². The number of carbonyl (C=O) groups is 1. The fourth-order valence-corrected chi connectivity index (χ4v) is 2.61. The molecule has 0 aliphatic heterocycles. The number of rotatable bonds is 7. The molecule has 2 rings (SSSR count). The number of guanidine groups is 1. The summed E-state index contributed by atoms with van der Waals surface area (Å²) in [6, 6.07) is 9.85. The molecule has 1 amide bonds. The van der Waals surface area contributed by atoms with E-state index in [2.05, 4.69) is 34.8 Å². The van der Waals surface area contributed by atoms with E-state index in [4.69, 9.17) is 0 Å². The highest BCUT2D eigenvalue weighted by molar-refractivity contribution is 5.94. The minimum absolute atomic E-state index is 0.0255. The summed E-state index contributed by atoms with van der Waals surface area (Å²) in [5, 5.41) is 6.62. The van der Waals surface area contributed by atoms with Crippen LogP contribution in [-0.4, -0.2) is 48.5 Å². The molecule has 0 bridgehead atoms. The number of nitrogens with one attached hydrogen (secondary N) is 2. The topological polar surface area (TPSA) is 61.7 Å². The quantitative estimate of drug-likeness (QED) is 0.590. The summed E-state index contributed by atoms with van der Waals surface area (Å²) in [6.45, 7) is 4.26. The second kappa shape index (κ2) is 9.65. The van der Waals surface area contributed by atoms with Gasteiger partial charge >= 0.3 is 0 Å². The van der Waals surface area contributed by atoms with Crippen LogP contribution in [0.15, 0.2) is 47.7 Å². The summed E-state index contributed by atoms with van der Waals surface area (Å²) in [6.07, 6.45) is 4.91. The van der Waals surface area contributed by atoms with Crippen LogP contribution in [0.5, 0.6) is 0 Å². The molecule has 1 aromatic heterocycles. The molecule has 26 heavy (non-hydrogen) atoms. The number of aryl methyl sites for hydroxylation is 1. The highest BCUT2D eigenvalue weighted by Gasteiger charge is 2.08. The van der Waals surface area contributed by atoms with Crippen LogP contribution < -0.4 is 10.6 Å². The standard InChI is InChI=1S/C20H29N5O/c1-5-21-20(23-14-17-10-12-25(4)15-17)22-11-9-16-7-6-8-18(13-16)19(26)24(2)3/h6-8,10,12-13,15H,5,9,11,14H2,1-4H3,(H2,21,22,23). The van der Waals surface area contributed by atoms with Crippen LogP contribution in [0.3, 0.4) is 0 Å². The fraction of sp³-hybridized carbons (Fsp3) is 0.400. The van der Waals surface area contributed by atoms with Crippen LogP contribution in [0.1, 0.15) is 28.4 Å². The maximum absolute atomic E-state index is 12.1. The zero-order chi connectivity index (χ0) is 18.9. The Labute approximate surface area is 155 Å². The van der Waals surface area contributed by atoms with Crippen molar-refractivity contribution in [2.24, 2.45) is 12.0 Å². The molecular formula is C20H29N5O. The number of benzene rings is 1. The number of hydrogen-bond donors (Lipinski definition) is 2. The Morgan fingerprint density at radius 3 is 2.65 bits per heavy atom. The highest BCUT2D eigenvalue weighted by Crippen LogP contribution is 2.08. The molecule has 2 aromatic rings. The van der Waals surface area contributed by atoms with E-state index >= 15 is 0 Å². The molecule has 0 aliphatic rings. The second-order valence-corrected chi connectivity index (χ2v) is 6.46. The number of hydrogen-bond acceptors (Lipinski definition) is 2. The summed E-state index contributed by atoms with van der Waals surface area (Å²) >= 11 is 0. The third-order valence-corrected chi connectivity index (χ3v) is 3.94. The molecule has 0 fully saturated rings. The number of amides is 1. The molecule has 140 valence electrons. The van der Waals surface area contributed by atoms with E-state index in [1.54, 1.807) is 19.0 Å². The largest absolute Gasteiger partial charge is 0.357 e. The summed E-state index contributed by atoms with van der Waals surface area (Å²) in [4.78, 5) is 18.3. The zero-order valence-electron chi connectivity index (χ0n) is 16.1. The first-order valence-electron chi connectivity index (χ1n) is 8.93. The predicted molar refractivity (Wildman–Crippen MR) is 106 cm³/mol. The third-order valence-electron chi connectivity index (χ3n) is 3.94. The van der Waals surface area contributed by atoms with Crippen molar-refractivity contribution in [1.82, 2.24) is 20.1 Å². The minimum Gasteiger partial charge on any atom is -0.357 e. The monoisotopic (exact) mass is 355 g/mol. The Morgan fingerprint density at radius 2 is 2.00 bits per heavy atom. The van der Waals surface area contributed by atoms with E-state index in [1.165, 1.54) is 5.56 Å². The molecular weight excluding hydrogens is 326 g/mol. The predicted octanol–water partition coefficient (Wildman–Crippen LogP) is 2.02. The average molecular weight is 355 g/mol. The van der Waals surface area contributed by atoms with Crippen molar-refractivity contribution in [3.8, 4) is 0 Å². The molecule has 0 unspecified atom stereocenters. The van der Waals surface area contributed by atoms with Gasteiger partial charge in [0, 0.05) is 52.2 Å². The number of aromatic nitrogens is 1. The van der Waals surface area contributed by atoms with E-state index in [1.807, 2.05) is 42.1 Å². The van der Waals surface area contributed by atoms with Crippen LogP contribution in [0.25, 0.3) is 0 Å². The third kappa shape index (κ3) is 5.95. The average Bonchev–Trinajstić information content (AvgIpc) is 3.04. The van der Waals surface area contributed by atoms with Gasteiger partial charge in [-0.25, -0.2) is 4.99 Å². The minimum atomic E-state index is 0.0255. The molecule has 0 saturated carbocycles. The first-order valence-corrected chi connectivity index (χ1v) is 8.93. The summed E-state index contributed by atoms with van der Waals surface area (Å²) in [5.41, 5.74) is 3.03. The van der Waals surface area contributed by atoms with Gasteiger partial charge in [-0.3, -0.25) is 4.79 Å². The van der Waals surface area contributed by atoms with Crippen molar-refractivity contribution in [3.63, 3.8) is 0 Å². The van der Waals surface area contributed by atoms with Crippen LogP contribution in [-0.2, 0) is 20.0 Å². The van der Waals surface area contributed by atoms with Gasteiger partial charge in [-0.2, -0.15) is 0 Å². The van der Waals surface area contributed by atoms with Gasteiger partial charge in [0.05, 0.1) is 6.54 Å². The number of nitrogens with zero attached hydrogens (tertiary/aromatic N) is 3. The van der Waals surface area contributed by atoms with E-state index in [9.17, 15) is 4.79 Å². The Morgan fingerprint density at radius 1 is 1.19 bits per heavy atom. The van der Waals surface area contributed by atoms with Crippen LogP contribution in [0.2, 0.25) is 0 Å². The molecule has 1 heterocycles. The molecule has 6 nitrogen and oxygen atoms in total. The highest BCUT2D eigenvalue weighted by atomic mass is 16.2. The fourth-order valence-electron chi connectivity index (χ4n) is 2.61. The van der Waals surface area contributed by atoms with Crippen LogP contribution >= 0.6 is 0 Å². The van der Waals surface area contributed by atoms with Gasteiger partial charge in [-0.15, -0.1) is 0 Å². The molecule has 0 aliphatic carbocycles. The number of aliphatic imine (C=N–C) groups is 1. The summed E-state index contributed by atoms with van der Waals surface area (Å²) < 4.78 is 2.02. The van der Waals surface area contributed by atoms with Crippen molar-refractivity contribution in [3.05, 3.63) is 59.4 Å². The lowest BCUT2D eigenvalue weighted by molar-refractivity contribution is 0.0827. The molecule has 0 spiro atoms. The molecule has 0 saturated heterocycles. The molecule has 6 heteroatoms. The lowest BCUT2D eigenvalue weighted by atomic mass is 10.1. The molecule has 0 atom stereocenters. The van der Waals surface area contributed by atoms with Crippen molar-refractivity contribution < 1.29 is 4.79 Å². The summed E-state index contributed by atoms with van der Waals surface area (Å²) in [5.74, 6) is 0.828. The van der Waals surface area contributed by atoms with E-state index in [0.717, 1.165) is 36.6 Å². The maximum Gasteiger partial charge on any atom is 0.253 e. The van der Waals surface area contributed by atoms with Crippen molar-refractivity contribution in [2.45, 2.75) is 19.9 Å². The first kappa shape index (κ1) is 19.6. The Bertz CT molecular complexity index is 748. The smallest absolute Gasteiger partial charge is 0.253 e. The van der Waals surface area contributed by atoms with Gasteiger partial charge in [0.25, 0.3) is 5.91 Å². The number of carbonyl (C=O) groups excluding carboxylic acids is 1. The zero-order valence-corrected chi connectivity index (χ0v) is 16.1. The maximum atomic E-state index is 12.1. The lowest BCUT2D eigenvalue weighted by Gasteiger charge is -2.13. The summed E-state index contributed by atoms with van der Waals surface area (Å²) in [7, 11) is 5.54. The van der Waals surface area contributed by atoms with Crippen molar-refractivity contribution in [2.75, 3.05) is 27.2 Å². The van der Waals surface area contributed by atoms with Crippen molar-refractivity contribution in [1.29, 1.82) is 0 Å².